The highest BCUT2D eigenvalue weighted by Crippen LogP contribution is 2.21. The number of anilines is 1. The molecule has 0 radical (unpaired) electrons. The summed E-state index contributed by atoms with van der Waals surface area (Å²) in [6.45, 7) is 3.27. The highest BCUT2D eigenvalue weighted by molar-refractivity contribution is 5.41. The lowest BCUT2D eigenvalue weighted by atomic mass is 10.1. The molecule has 0 amide bonds. The molecule has 0 fully saturated rings. The number of rotatable bonds is 2. The summed E-state index contributed by atoms with van der Waals surface area (Å²) in [5.41, 5.74) is 2.24. The number of aliphatic hydroxyl groups is 1. The van der Waals surface area contributed by atoms with Crippen LogP contribution < -0.4 is 4.90 Å². The Morgan fingerprint density at radius 3 is 3.11 bits per heavy atom. The molecule has 3 rings (SSSR count). The molecule has 1 atom stereocenters. The van der Waals surface area contributed by atoms with E-state index in [1.807, 2.05) is 12.3 Å². The van der Waals surface area contributed by atoms with Gasteiger partial charge in [0.1, 0.15) is 18.2 Å². The Morgan fingerprint density at radius 1 is 1.37 bits per heavy atom. The SMILES string of the molecule is CC(O)c1nccc(N2CCc3ncncc3C2)n1. The molecule has 1 aliphatic heterocycles. The van der Waals surface area contributed by atoms with Gasteiger partial charge in [0, 0.05) is 37.5 Å². The van der Waals surface area contributed by atoms with Gasteiger partial charge in [-0.25, -0.2) is 19.9 Å². The van der Waals surface area contributed by atoms with Crippen LogP contribution in [-0.4, -0.2) is 31.6 Å². The molecule has 1 unspecified atom stereocenters. The lowest BCUT2D eigenvalue weighted by Crippen LogP contribution is -2.32. The van der Waals surface area contributed by atoms with Crippen LogP contribution in [0.15, 0.2) is 24.8 Å². The van der Waals surface area contributed by atoms with Crippen LogP contribution in [0, 0.1) is 0 Å². The summed E-state index contributed by atoms with van der Waals surface area (Å²) in [5.74, 6) is 1.29. The largest absolute Gasteiger partial charge is 0.385 e. The van der Waals surface area contributed by atoms with Gasteiger partial charge in [0.25, 0.3) is 0 Å². The van der Waals surface area contributed by atoms with Crippen molar-refractivity contribution in [3.05, 3.63) is 41.9 Å². The monoisotopic (exact) mass is 257 g/mol. The lowest BCUT2D eigenvalue weighted by molar-refractivity contribution is 0.189. The summed E-state index contributed by atoms with van der Waals surface area (Å²) in [6.07, 6.45) is 5.35. The Labute approximate surface area is 111 Å². The molecule has 0 saturated carbocycles. The van der Waals surface area contributed by atoms with E-state index in [9.17, 15) is 5.11 Å². The highest BCUT2D eigenvalue weighted by Gasteiger charge is 2.19. The zero-order chi connectivity index (χ0) is 13.2. The fourth-order valence-corrected chi connectivity index (χ4v) is 2.20. The standard InChI is InChI=1S/C13H15N5O/c1-9(19)13-15-4-2-12(17-13)18-5-3-11-10(7-18)6-14-8-16-11/h2,4,6,8-9,19H,3,5,7H2,1H3. The first-order chi connectivity index (χ1) is 9.24. The third kappa shape index (κ3) is 2.39. The van der Waals surface area contributed by atoms with Gasteiger partial charge in [-0.2, -0.15) is 0 Å². The van der Waals surface area contributed by atoms with Gasteiger partial charge in [-0.05, 0) is 13.0 Å². The molecular weight excluding hydrogens is 242 g/mol. The first kappa shape index (κ1) is 12.0. The normalized spacial score (nSPS) is 16.0. The number of hydrogen-bond acceptors (Lipinski definition) is 6. The summed E-state index contributed by atoms with van der Waals surface area (Å²) >= 11 is 0. The average Bonchev–Trinajstić information content (AvgIpc) is 2.47. The zero-order valence-electron chi connectivity index (χ0n) is 10.7. The van der Waals surface area contributed by atoms with Gasteiger partial charge in [-0.1, -0.05) is 0 Å². The lowest BCUT2D eigenvalue weighted by Gasteiger charge is -2.28. The molecule has 6 nitrogen and oxygen atoms in total. The zero-order valence-corrected chi connectivity index (χ0v) is 10.7. The molecule has 2 aromatic heterocycles. The van der Waals surface area contributed by atoms with Gasteiger partial charge in [0.05, 0.1) is 5.69 Å². The first-order valence-corrected chi connectivity index (χ1v) is 6.28. The van der Waals surface area contributed by atoms with Crippen molar-refractivity contribution in [3.8, 4) is 0 Å². The molecule has 6 heteroatoms. The first-order valence-electron chi connectivity index (χ1n) is 6.28. The second-order valence-corrected chi connectivity index (χ2v) is 4.62. The van der Waals surface area contributed by atoms with Crippen molar-refractivity contribution in [2.24, 2.45) is 0 Å². The van der Waals surface area contributed by atoms with E-state index in [0.29, 0.717) is 5.82 Å². The van der Waals surface area contributed by atoms with Crippen molar-refractivity contribution in [1.29, 1.82) is 0 Å². The summed E-state index contributed by atoms with van der Waals surface area (Å²) < 4.78 is 0. The van der Waals surface area contributed by atoms with Crippen molar-refractivity contribution < 1.29 is 5.11 Å². The third-order valence-electron chi connectivity index (χ3n) is 3.22. The Hall–Kier alpha value is -2.08. The second kappa shape index (κ2) is 4.89. The van der Waals surface area contributed by atoms with E-state index in [4.69, 9.17) is 0 Å². The Bertz CT molecular complexity index is 587. The molecule has 2 aromatic rings. The molecule has 0 aliphatic carbocycles. The van der Waals surface area contributed by atoms with E-state index >= 15 is 0 Å². The number of nitrogens with zero attached hydrogens (tertiary/aromatic N) is 5. The summed E-state index contributed by atoms with van der Waals surface area (Å²) in [5, 5.41) is 9.54. The maximum Gasteiger partial charge on any atom is 0.158 e. The number of hydrogen-bond donors (Lipinski definition) is 1. The van der Waals surface area contributed by atoms with Gasteiger partial charge >= 0.3 is 0 Å². The minimum atomic E-state index is -0.652. The van der Waals surface area contributed by atoms with Gasteiger partial charge < -0.3 is 10.0 Å². The summed E-state index contributed by atoms with van der Waals surface area (Å²) in [4.78, 5) is 19.0. The van der Waals surface area contributed by atoms with E-state index < -0.39 is 6.10 Å². The quantitative estimate of drug-likeness (QED) is 0.861. The second-order valence-electron chi connectivity index (χ2n) is 4.62. The predicted molar refractivity (Wildman–Crippen MR) is 69.5 cm³/mol. The molecule has 0 spiro atoms. The molecule has 1 N–H and O–H groups in total. The fraction of sp³-hybridized carbons (Fsp3) is 0.385. The molecule has 0 aromatic carbocycles. The van der Waals surface area contributed by atoms with Gasteiger partial charge in [0.2, 0.25) is 0 Å². The summed E-state index contributed by atoms with van der Waals surface area (Å²) in [6, 6.07) is 1.86. The van der Waals surface area contributed by atoms with E-state index in [1.165, 1.54) is 0 Å². The smallest absolute Gasteiger partial charge is 0.158 e. The minimum absolute atomic E-state index is 0.451. The Balaban J connectivity index is 1.87. The van der Waals surface area contributed by atoms with Crippen molar-refractivity contribution in [3.63, 3.8) is 0 Å². The minimum Gasteiger partial charge on any atom is -0.385 e. The number of aliphatic hydroxyl groups excluding tert-OH is 1. The van der Waals surface area contributed by atoms with Crippen molar-refractivity contribution >= 4 is 5.82 Å². The topological polar surface area (TPSA) is 75.0 Å². The molecule has 1 aliphatic rings. The van der Waals surface area contributed by atoms with Gasteiger partial charge in [-0.3, -0.25) is 0 Å². The maximum atomic E-state index is 9.54. The van der Waals surface area contributed by atoms with E-state index in [1.54, 1.807) is 19.4 Å². The van der Waals surface area contributed by atoms with Crippen LogP contribution in [0.5, 0.6) is 0 Å². The van der Waals surface area contributed by atoms with Crippen LogP contribution in [-0.2, 0) is 13.0 Å². The predicted octanol–water partition coefficient (Wildman–Crippen LogP) is 0.883. The highest BCUT2D eigenvalue weighted by atomic mass is 16.3. The summed E-state index contributed by atoms with van der Waals surface area (Å²) in [7, 11) is 0. The Kier molecular flexibility index (Phi) is 3.08. The molecule has 19 heavy (non-hydrogen) atoms. The molecule has 98 valence electrons. The van der Waals surface area contributed by atoms with Crippen LogP contribution in [0.3, 0.4) is 0 Å². The molecule has 0 saturated heterocycles. The van der Waals surface area contributed by atoms with E-state index in [0.717, 1.165) is 36.6 Å². The Morgan fingerprint density at radius 2 is 2.26 bits per heavy atom. The van der Waals surface area contributed by atoms with E-state index in [2.05, 4.69) is 24.8 Å². The third-order valence-corrected chi connectivity index (χ3v) is 3.22. The van der Waals surface area contributed by atoms with Crippen LogP contribution in [0.2, 0.25) is 0 Å². The maximum absolute atomic E-state index is 9.54. The van der Waals surface area contributed by atoms with Crippen molar-refractivity contribution in [1.82, 2.24) is 19.9 Å². The molecular formula is C13H15N5O. The molecule has 0 bridgehead atoms. The van der Waals surface area contributed by atoms with Crippen LogP contribution in [0.4, 0.5) is 5.82 Å². The number of aromatic nitrogens is 4. The van der Waals surface area contributed by atoms with E-state index in [-0.39, 0.29) is 0 Å². The van der Waals surface area contributed by atoms with Crippen molar-refractivity contribution in [2.45, 2.75) is 26.0 Å². The van der Waals surface area contributed by atoms with Crippen molar-refractivity contribution in [2.75, 3.05) is 11.4 Å². The average molecular weight is 257 g/mol. The fourth-order valence-electron chi connectivity index (χ4n) is 2.20. The van der Waals surface area contributed by atoms with Crippen LogP contribution in [0.25, 0.3) is 0 Å². The van der Waals surface area contributed by atoms with Crippen LogP contribution in [0.1, 0.15) is 30.1 Å². The van der Waals surface area contributed by atoms with Crippen LogP contribution >= 0.6 is 0 Å². The van der Waals surface area contributed by atoms with Gasteiger partial charge in [0.15, 0.2) is 5.82 Å². The van der Waals surface area contributed by atoms with Gasteiger partial charge in [-0.15, -0.1) is 0 Å². The molecule has 3 heterocycles. The number of fused-ring (bicyclic) bond motifs is 1.